The molecule has 1 unspecified atom stereocenters. The number of amides is 1. The van der Waals surface area contributed by atoms with Crippen molar-refractivity contribution >= 4 is 16.8 Å². The number of aromatic nitrogens is 3. The first-order chi connectivity index (χ1) is 12.8. The summed E-state index contributed by atoms with van der Waals surface area (Å²) in [6.45, 7) is 2.99. The summed E-state index contributed by atoms with van der Waals surface area (Å²) < 4.78 is 12.9. The van der Waals surface area contributed by atoms with E-state index in [0.29, 0.717) is 44.5 Å². The maximum absolute atomic E-state index is 13.0. The van der Waals surface area contributed by atoms with E-state index in [2.05, 4.69) is 22.2 Å². The summed E-state index contributed by atoms with van der Waals surface area (Å²) in [6.07, 6.45) is 2.78. The smallest absolute Gasteiger partial charge is 0.274 e. The molecule has 1 atom stereocenters. The minimum Gasteiger partial charge on any atom is -0.476 e. The number of rotatable bonds is 3. The summed E-state index contributed by atoms with van der Waals surface area (Å²) in [4.78, 5) is 18.2. The third kappa shape index (κ3) is 2.55. The highest BCUT2D eigenvalue weighted by Crippen LogP contribution is 2.24. The molecule has 1 N–H and O–H groups in total. The van der Waals surface area contributed by atoms with Crippen LogP contribution in [0.4, 0.5) is 0 Å². The molecule has 5 rings (SSSR count). The summed E-state index contributed by atoms with van der Waals surface area (Å²) in [5.74, 6) is 0.624. The Labute approximate surface area is 150 Å². The fraction of sp³-hybridized carbons (Fsp3) is 0.368. The van der Waals surface area contributed by atoms with Crippen LogP contribution in [0.25, 0.3) is 10.9 Å². The lowest BCUT2D eigenvalue weighted by molar-refractivity contribution is -0.00191. The van der Waals surface area contributed by atoms with Gasteiger partial charge in [-0.3, -0.25) is 4.79 Å². The minimum absolute atomic E-state index is 0.00656. The predicted molar refractivity (Wildman–Crippen MR) is 95.4 cm³/mol. The summed E-state index contributed by atoms with van der Waals surface area (Å²) in [5, 5.41) is 5.60. The van der Waals surface area contributed by atoms with Crippen LogP contribution in [-0.2, 0) is 17.7 Å². The first-order valence-electron chi connectivity index (χ1n) is 8.94. The normalized spacial score (nSPS) is 19.5. The fourth-order valence-electron chi connectivity index (χ4n) is 3.81. The van der Waals surface area contributed by atoms with E-state index < -0.39 is 0 Å². The van der Waals surface area contributed by atoms with Gasteiger partial charge in [-0.05, 0) is 18.1 Å². The number of carbonyl (C=O) groups excluding carboxylic acids is 1. The second kappa shape index (κ2) is 6.17. The molecule has 3 aromatic rings. The van der Waals surface area contributed by atoms with Crippen molar-refractivity contribution in [3.63, 3.8) is 0 Å². The van der Waals surface area contributed by atoms with Gasteiger partial charge < -0.3 is 19.4 Å². The molecule has 7 heteroatoms. The van der Waals surface area contributed by atoms with Crippen LogP contribution in [0.5, 0.6) is 5.88 Å². The molecule has 0 radical (unpaired) electrons. The minimum atomic E-state index is -0.0522. The molecule has 2 aliphatic rings. The number of ether oxygens (including phenoxy) is 2. The van der Waals surface area contributed by atoms with E-state index in [1.54, 1.807) is 10.7 Å². The van der Waals surface area contributed by atoms with Crippen molar-refractivity contribution in [3.05, 3.63) is 47.8 Å². The van der Waals surface area contributed by atoms with Gasteiger partial charge >= 0.3 is 0 Å². The van der Waals surface area contributed by atoms with E-state index in [4.69, 9.17) is 9.47 Å². The van der Waals surface area contributed by atoms with Crippen molar-refractivity contribution in [2.75, 3.05) is 26.4 Å². The SMILES string of the molecule is O=C(c1cc2n(n1)CCO2)N1CCOCC1Cc1c[nH]c2ccccc12. The summed E-state index contributed by atoms with van der Waals surface area (Å²) in [5.41, 5.74) is 2.76. The molecular formula is C19H20N4O3. The van der Waals surface area contributed by atoms with Gasteiger partial charge in [0.15, 0.2) is 5.69 Å². The fourth-order valence-corrected chi connectivity index (χ4v) is 3.81. The van der Waals surface area contributed by atoms with Crippen LogP contribution in [0.15, 0.2) is 36.5 Å². The van der Waals surface area contributed by atoms with Gasteiger partial charge in [0.1, 0.15) is 6.61 Å². The molecule has 0 saturated carbocycles. The van der Waals surface area contributed by atoms with Gasteiger partial charge in [0.2, 0.25) is 5.88 Å². The van der Waals surface area contributed by atoms with Crippen LogP contribution in [-0.4, -0.2) is 58.0 Å². The Morgan fingerprint density at radius 1 is 1.27 bits per heavy atom. The van der Waals surface area contributed by atoms with Gasteiger partial charge in [0, 0.05) is 29.7 Å². The average Bonchev–Trinajstić information content (AvgIpc) is 3.37. The lowest BCUT2D eigenvalue weighted by Crippen LogP contribution is -2.49. The van der Waals surface area contributed by atoms with Crippen LogP contribution >= 0.6 is 0 Å². The van der Waals surface area contributed by atoms with Gasteiger partial charge in [-0.2, -0.15) is 5.10 Å². The Morgan fingerprint density at radius 2 is 2.19 bits per heavy atom. The van der Waals surface area contributed by atoms with Gasteiger partial charge in [0.25, 0.3) is 5.91 Å². The van der Waals surface area contributed by atoms with Gasteiger partial charge in [-0.25, -0.2) is 4.68 Å². The Bertz CT molecular complexity index is 939. The number of H-pyrrole nitrogens is 1. The maximum Gasteiger partial charge on any atom is 0.274 e. The van der Waals surface area contributed by atoms with Crippen molar-refractivity contribution < 1.29 is 14.3 Å². The number of hydrogen-bond donors (Lipinski definition) is 1. The zero-order valence-electron chi connectivity index (χ0n) is 14.4. The molecule has 2 aliphatic heterocycles. The zero-order chi connectivity index (χ0) is 17.5. The van der Waals surface area contributed by atoms with Crippen molar-refractivity contribution in [1.29, 1.82) is 0 Å². The van der Waals surface area contributed by atoms with E-state index >= 15 is 0 Å². The molecular weight excluding hydrogens is 332 g/mol. The van der Waals surface area contributed by atoms with Crippen molar-refractivity contribution in [3.8, 4) is 5.88 Å². The molecule has 1 saturated heterocycles. The van der Waals surface area contributed by atoms with Gasteiger partial charge in [-0.15, -0.1) is 0 Å². The van der Waals surface area contributed by atoms with Gasteiger partial charge in [-0.1, -0.05) is 18.2 Å². The first-order valence-corrected chi connectivity index (χ1v) is 8.94. The number of carbonyl (C=O) groups is 1. The largest absolute Gasteiger partial charge is 0.476 e. The Kier molecular flexibility index (Phi) is 3.67. The van der Waals surface area contributed by atoms with Crippen LogP contribution in [0, 0.1) is 0 Å². The summed E-state index contributed by atoms with van der Waals surface area (Å²) in [6, 6.07) is 9.95. The molecule has 0 aliphatic carbocycles. The van der Waals surface area contributed by atoms with Gasteiger partial charge in [0.05, 0.1) is 25.8 Å². The van der Waals surface area contributed by atoms with E-state index in [1.807, 2.05) is 23.2 Å². The molecule has 1 fully saturated rings. The highest BCUT2D eigenvalue weighted by molar-refractivity contribution is 5.93. The Hall–Kier alpha value is -2.80. The summed E-state index contributed by atoms with van der Waals surface area (Å²) >= 11 is 0. The molecule has 1 amide bonds. The van der Waals surface area contributed by atoms with Crippen LogP contribution in [0.1, 0.15) is 16.1 Å². The van der Waals surface area contributed by atoms with Crippen molar-refractivity contribution in [1.82, 2.24) is 19.7 Å². The second-order valence-corrected chi connectivity index (χ2v) is 6.73. The van der Waals surface area contributed by atoms with Crippen LogP contribution in [0.2, 0.25) is 0 Å². The van der Waals surface area contributed by atoms with Crippen LogP contribution < -0.4 is 4.74 Å². The molecule has 4 heterocycles. The Balaban J connectivity index is 1.40. The molecule has 0 spiro atoms. The number of aromatic amines is 1. The summed E-state index contributed by atoms with van der Waals surface area (Å²) in [7, 11) is 0. The topological polar surface area (TPSA) is 72.4 Å². The predicted octanol–water partition coefficient (Wildman–Crippen LogP) is 1.84. The molecule has 134 valence electrons. The molecule has 7 nitrogen and oxygen atoms in total. The standard InChI is InChI=1S/C19H20N4O3/c24-19(17-10-18-23(21-17)6-8-26-18)22-5-7-25-12-14(22)9-13-11-20-16-4-2-1-3-15(13)16/h1-4,10-11,14,20H,5-9,12H2. The number of nitrogens with zero attached hydrogens (tertiary/aromatic N) is 3. The van der Waals surface area contributed by atoms with Crippen molar-refractivity contribution in [2.24, 2.45) is 0 Å². The lowest BCUT2D eigenvalue weighted by Gasteiger charge is -2.35. The highest BCUT2D eigenvalue weighted by Gasteiger charge is 2.31. The monoisotopic (exact) mass is 352 g/mol. The average molecular weight is 352 g/mol. The first kappa shape index (κ1) is 15.5. The Morgan fingerprint density at radius 3 is 3.12 bits per heavy atom. The number of benzene rings is 1. The van der Waals surface area contributed by atoms with E-state index in [9.17, 15) is 4.79 Å². The third-order valence-corrected chi connectivity index (χ3v) is 5.13. The molecule has 2 aromatic heterocycles. The van der Waals surface area contributed by atoms with Crippen molar-refractivity contribution in [2.45, 2.75) is 19.0 Å². The zero-order valence-corrected chi connectivity index (χ0v) is 14.4. The van der Waals surface area contributed by atoms with Crippen LogP contribution in [0.3, 0.4) is 0 Å². The number of hydrogen-bond acceptors (Lipinski definition) is 4. The van der Waals surface area contributed by atoms with E-state index in [-0.39, 0.29) is 11.9 Å². The maximum atomic E-state index is 13.0. The number of para-hydroxylation sites is 1. The quantitative estimate of drug-likeness (QED) is 0.781. The number of nitrogens with one attached hydrogen (secondary N) is 1. The number of fused-ring (bicyclic) bond motifs is 2. The third-order valence-electron chi connectivity index (χ3n) is 5.13. The lowest BCUT2D eigenvalue weighted by atomic mass is 10.0. The molecule has 26 heavy (non-hydrogen) atoms. The van der Waals surface area contributed by atoms with E-state index in [0.717, 1.165) is 11.9 Å². The molecule has 0 bridgehead atoms. The highest BCUT2D eigenvalue weighted by atomic mass is 16.5. The second-order valence-electron chi connectivity index (χ2n) is 6.73. The van der Waals surface area contributed by atoms with E-state index in [1.165, 1.54) is 10.9 Å². The number of morpholine rings is 1. The molecule has 1 aromatic carbocycles.